The number of nitrogens with zero attached hydrogens (tertiary/aromatic N) is 3. The third-order valence-corrected chi connectivity index (χ3v) is 4.28. The number of hydrogen-bond donors (Lipinski definition) is 1. The number of anilines is 1. The molecule has 2 aromatic rings. The van der Waals surface area contributed by atoms with Crippen molar-refractivity contribution in [2.75, 3.05) is 5.73 Å². The second kappa shape index (κ2) is 6.07. The van der Waals surface area contributed by atoms with Crippen molar-refractivity contribution < 1.29 is 0 Å². The molecule has 0 aromatic carbocycles. The van der Waals surface area contributed by atoms with Gasteiger partial charge >= 0.3 is 0 Å². The van der Waals surface area contributed by atoms with Crippen molar-refractivity contribution in [1.82, 2.24) is 14.5 Å². The molecule has 1 fully saturated rings. The Morgan fingerprint density at radius 2 is 2.05 bits per heavy atom. The molecule has 0 aliphatic heterocycles. The molecular weight excluding hydrogens is 248 g/mol. The quantitative estimate of drug-likeness (QED) is 0.904. The molecule has 4 heteroatoms. The van der Waals surface area contributed by atoms with Gasteiger partial charge in [-0.1, -0.05) is 25.7 Å². The van der Waals surface area contributed by atoms with Crippen molar-refractivity contribution in [2.45, 2.75) is 45.1 Å². The molecule has 0 radical (unpaired) electrons. The van der Waals surface area contributed by atoms with Crippen LogP contribution in [0.1, 0.15) is 38.5 Å². The summed E-state index contributed by atoms with van der Waals surface area (Å²) >= 11 is 0. The summed E-state index contributed by atoms with van der Waals surface area (Å²) in [5, 5.41) is 0. The number of pyridine rings is 1. The highest BCUT2D eigenvalue weighted by atomic mass is 15.0. The first kappa shape index (κ1) is 13.2. The lowest BCUT2D eigenvalue weighted by Gasteiger charge is -2.11. The minimum Gasteiger partial charge on any atom is -0.384 e. The van der Waals surface area contributed by atoms with Gasteiger partial charge in [-0.05, 0) is 30.9 Å². The molecule has 1 saturated carbocycles. The number of nitrogens with two attached hydrogens (primary N) is 1. The molecule has 0 spiro atoms. The fourth-order valence-corrected chi connectivity index (χ4v) is 3.15. The summed E-state index contributed by atoms with van der Waals surface area (Å²) < 4.78 is 2.22. The van der Waals surface area contributed by atoms with Crippen LogP contribution in [0.3, 0.4) is 0 Å². The van der Waals surface area contributed by atoms with Gasteiger partial charge in [0.2, 0.25) is 0 Å². The van der Waals surface area contributed by atoms with Crippen LogP contribution in [-0.2, 0) is 6.54 Å². The molecule has 0 atom stereocenters. The maximum Gasteiger partial charge on any atom is 0.123 e. The van der Waals surface area contributed by atoms with E-state index in [1.807, 2.05) is 30.9 Å². The highest BCUT2D eigenvalue weighted by Gasteiger charge is 2.14. The van der Waals surface area contributed by atoms with Crippen LogP contribution >= 0.6 is 0 Å². The van der Waals surface area contributed by atoms with Gasteiger partial charge in [-0.2, -0.15) is 0 Å². The summed E-state index contributed by atoms with van der Waals surface area (Å²) in [5.74, 6) is 1.52. The topological polar surface area (TPSA) is 56.7 Å². The third-order valence-electron chi connectivity index (χ3n) is 4.28. The number of aryl methyl sites for hydroxylation is 1. The van der Waals surface area contributed by atoms with Crippen LogP contribution < -0.4 is 5.73 Å². The zero-order chi connectivity index (χ0) is 13.8. The third kappa shape index (κ3) is 3.00. The van der Waals surface area contributed by atoms with Gasteiger partial charge < -0.3 is 10.3 Å². The van der Waals surface area contributed by atoms with Crippen molar-refractivity contribution in [1.29, 1.82) is 0 Å². The van der Waals surface area contributed by atoms with Crippen molar-refractivity contribution in [3.8, 4) is 11.3 Å². The first-order valence-electron chi connectivity index (χ1n) is 7.55. The van der Waals surface area contributed by atoms with Crippen LogP contribution in [0.5, 0.6) is 0 Å². The van der Waals surface area contributed by atoms with E-state index in [0.717, 1.165) is 23.7 Å². The summed E-state index contributed by atoms with van der Waals surface area (Å²) in [7, 11) is 0. The first-order chi connectivity index (χ1) is 9.83. The monoisotopic (exact) mass is 270 g/mol. The summed E-state index contributed by atoms with van der Waals surface area (Å²) in [6, 6.07) is 3.85. The van der Waals surface area contributed by atoms with E-state index >= 15 is 0 Å². The Hall–Kier alpha value is -1.84. The molecule has 2 N–H and O–H groups in total. The zero-order valence-electron chi connectivity index (χ0n) is 11.8. The molecule has 2 heterocycles. The molecule has 0 unspecified atom stereocenters. The van der Waals surface area contributed by atoms with E-state index in [1.54, 1.807) is 0 Å². The van der Waals surface area contributed by atoms with Gasteiger partial charge in [-0.15, -0.1) is 0 Å². The normalized spacial score (nSPS) is 15.8. The average Bonchev–Trinajstić information content (AvgIpc) is 3.11. The second-order valence-electron chi connectivity index (χ2n) is 5.74. The lowest BCUT2D eigenvalue weighted by atomic mass is 10.0. The molecular formula is C16H22N4. The van der Waals surface area contributed by atoms with E-state index < -0.39 is 0 Å². The Labute approximate surface area is 120 Å². The van der Waals surface area contributed by atoms with Crippen molar-refractivity contribution in [3.63, 3.8) is 0 Å². The molecule has 1 aliphatic carbocycles. The number of rotatable bonds is 5. The van der Waals surface area contributed by atoms with Gasteiger partial charge in [0.15, 0.2) is 0 Å². The highest BCUT2D eigenvalue weighted by Crippen LogP contribution is 2.29. The van der Waals surface area contributed by atoms with Gasteiger partial charge in [0.25, 0.3) is 0 Å². The lowest BCUT2D eigenvalue weighted by molar-refractivity contribution is 0.459. The summed E-state index contributed by atoms with van der Waals surface area (Å²) in [4.78, 5) is 8.43. The highest BCUT2D eigenvalue weighted by molar-refractivity contribution is 5.59. The second-order valence-corrected chi connectivity index (χ2v) is 5.74. The van der Waals surface area contributed by atoms with Gasteiger partial charge in [0.05, 0.1) is 18.2 Å². The molecule has 3 rings (SSSR count). The van der Waals surface area contributed by atoms with Crippen LogP contribution in [0, 0.1) is 5.92 Å². The maximum absolute atomic E-state index is 5.63. The number of hydrogen-bond acceptors (Lipinski definition) is 3. The molecule has 2 aromatic heterocycles. The Morgan fingerprint density at radius 1 is 1.20 bits per heavy atom. The van der Waals surface area contributed by atoms with E-state index in [1.165, 1.54) is 38.5 Å². The van der Waals surface area contributed by atoms with E-state index in [0.29, 0.717) is 5.82 Å². The molecule has 1 aliphatic rings. The van der Waals surface area contributed by atoms with Crippen LogP contribution in [0.2, 0.25) is 0 Å². The maximum atomic E-state index is 5.63. The minimum absolute atomic E-state index is 0.557. The summed E-state index contributed by atoms with van der Waals surface area (Å²) in [6.45, 7) is 1.04. The fourth-order valence-electron chi connectivity index (χ4n) is 3.15. The fraction of sp³-hybridized carbons (Fsp3) is 0.500. The zero-order valence-corrected chi connectivity index (χ0v) is 11.8. The molecule has 20 heavy (non-hydrogen) atoms. The lowest BCUT2D eigenvalue weighted by Crippen LogP contribution is -2.02. The van der Waals surface area contributed by atoms with Crippen molar-refractivity contribution >= 4 is 5.82 Å². The predicted octanol–water partition coefficient (Wildman–Crippen LogP) is 3.50. The van der Waals surface area contributed by atoms with E-state index in [9.17, 15) is 0 Å². The standard InChI is InChI=1S/C16H22N4/c17-16-8-7-14(10-19-16)15-11-18-12-20(15)9-3-6-13-4-1-2-5-13/h7-8,10-13H,1-6,9H2,(H2,17,19). The van der Waals surface area contributed by atoms with Gasteiger partial charge in [0.1, 0.15) is 5.82 Å². The number of nitrogen functional groups attached to an aromatic ring is 1. The minimum atomic E-state index is 0.557. The van der Waals surface area contributed by atoms with Crippen LogP contribution in [0.25, 0.3) is 11.3 Å². The SMILES string of the molecule is Nc1ccc(-c2cncn2CCCC2CCCC2)cn1. The van der Waals surface area contributed by atoms with Gasteiger partial charge in [-0.25, -0.2) is 9.97 Å². The van der Waals surface area contributed by atoms with Crippen molar-refractivity contribution in [3.05, 3.63) is 30.9 Å². The van der Waals surface area contributed by atoms with Gasteiger partial charge in [-0.3, -0.25) is 0 Å². The molecule has 4 nitrogen and oxygen atoms in total. The molecule has 0 amide bonds. The summed E-state index contributed by atoms with van der Waals surface area (Å²) in [5.41, 5.74) is 7.84. The van der Waals surface area contributed by atoms with Crippen molar-refractivity contribution in [2.24, 2.45) is 5.92 Å². The Morgan fingerprint density at radius 3 is 2.80 bits per heavy atom. The van der Waals surface area contributed by atoms with E-state index in [2.05, 4.69) is 14.5 Å². The van der Waals surface area contributed by atoms with E-state index in [-0.39, 0.29) is 0 Å². The Kier molecular flexibility index (Phi) is 4.00. The largest absolute Gasteiger partial charge is 0.384 e. The molecule has 0 saturated heterocycles. The number of imidazole rings is 1. The Balaban J connectivity index is 1.62. The molecule has 106 valence electrons. The average molecular weight is 270 g/mol. The first-order valence-corrected chi connectivity index (χ1v) is 7.55. The van der Waals surface area contributed by atoms with Gasteiger partial charge in [0, 0.05) is 18.3 Å². The predicted molar refractivity (Wildman–Crippen MR) is 81.1 cm³/mol. The summed E-state index contributed by atoms with van der Waals surface area (Å²) in [6.07, 6.45) is 13.9. The Bertz CT molecular complexity index is 538. The number of aromatic nitrogens is 3. The van der Waals surface area contributed by atoms with Crippen LogP contribution in [0.4, 0.5) is 5.82 Å². The van der Waals surface area contributed by atoms with Crippen LogP contribution in [0.15, 0.2) is 30.9 Å². The molecule has 0 bridgehead atoms. The van der Waals surface area contributed by atoms with Crippen LogP contribution in [-0.4, -0.2) is 14.5 Å². The smallest absolute Gasteiger partial charge is 0.123 e. The van der Waals surface area contributed by atoms with E-state index in [4.69, 9.17) is 5.73 Å².